The minimum Gasteiger partial charge on any atom is -0.482 e. The first-order valence-electron chi connectivity index (χ1n) is 11.4. The third-order valence-corrected chi connectivity index (χ3v) is 5.79. The van der Waals surface area contributed by atoms with Crippen LogP contribution in [0.4, 0.5) is 23.2 Å². The molecule has 0 spiro atoms. The van der Waals surface area contributed by atoms with Crippen molar-refractivity contribution in [1.29, 1.82) is 0 Å². The van der Waals surface area contributed by atoms with Crippen LogP contribution >= 0.6 is 0 Å². The van der Waals surface area contributed by atoms with Gasteiger partial charge in [0.1, 0.15) is 23.4 Å². The Balaban J connectivity index is 1.28. The molecule has 0 bridgehead atoms. The van der Waals surface area contributed by atoms with E-state index in [1.165, 1.54) is 6.20 Å². The minimum atomic E-state index is -4.74. The fourth-order valence-electron chi connectivity index (χ4n) is 3.98. The Kier molecular flexibility index (Phi) is 6.60. The van der Waals surface area contributed by atoms with Crippen LogP contribution in [-0.4, -0.2) is 39.3 Å². The van der Waals surface area contributed by atoms with Crippen LogP contribution in [0.2, 0.25) is 0 Å². The topological polar surface area (TPSA) is 138 Å². The molecule has 3 heterocycles. The lowest BCUT2D eigenvalue weighted by Crippen LogP contribution is -2.26. The Morgan fingerprint density at radius 3 is 2.56 bits per heavy atom. The number of hydrogen-bond acceptors (Lipinski definition) is 6. The van der Waals surface area contributed by atoms with E-state index in [4.69, 9.17) is 4.74 Å². The van der Waals surface area contributed by atoms with E-state index < -0.39 is 29.4 Å². The highest BCUT2D eigenvalue weighted by Gasteiger charge is 2.31. The van der Waals surface area contributed by atoms with Crippen molar-refractivity contribution < 1.29 is 36.7 Å². The van der Waals surface area contributed by atoms with Gasteiger partial charge in [0, 0.05) is 19.3 Å². The summed E-state index contributed by atoms with van der Waals surface area (Å²) in [6, 6.07) is 7.05. The number of alkyl halides is 3. The van der Waals surface area contributed by atoms with Crippen molar-refractivity contribution in [2.75, 3.05) is 11.9 Å². The van der Waals surface area contributed by atoms with Crippen molar-refractivity contribution in [2.45, 2.75) is 19.3 Å². The predicted molar refractivity (Wildman–Crippen MR) is 128 cm³/mol. The fraction of sp³-hybridized carbons (Fsp3) is 0.160. The van der Waals surface area contributed by atoms with Gasteiger partial charge in [-0.25, -0.2) is 14.4 Å². The zero-order valence-corrected chi connectivity index (χ0v) is 19.8. The molecule has 0 unspecified atom stereocenters. The van der Waals surface area contributed by atoms with Crippen molar-refractivity contribution in [3.05, 3.63) is 82.7 Å². The highest BCUT2D eigenvalue weighted by molar-refractivity contribution is 6.10. The third-order valence-electron chi connectivity index (χ3n) is 5.79. The Bertz CT molecular complexity index is 1620. The summed E-state index contributed by atoms with van der Waals surface area (Å²) >= 11 is 0. The molecule has 3 amide bonds. The van der Waals surface area contributed by atoms with Gasteiger partial charge >= 0.3 is 6.18 Å². The van der Waals surface area contributed by atoms with Crippen molar-refractivity contribution in [3.63, 3.8) is 0 Å². The number of halogens is 4. The van der Waals surface area contributed by atoms with Crippen LogP contribution in [0.25, 0.3) is 11.0 Å². The quantitative estimate of drug-likeness (QED) is 0.276. The van der Waals surface area contributed by atoms with Gasteiger partial charge in [-0.15, -0.1) is 0 Å². The van der Waals surface area contributed by atoms with Crippen LogP contribution in [0, 0.1) is 5.82 Å². The van der Waals surface area contributed by atoms with Gasteiger partial charge in [-0.05, 0) is 41.5 Å². The monoisotopic (exact) mass is 542 g/mol. The molecule has 0 atom stereocenters. The number of aromatic nitrogens is 3. The summed E-state index contributed by atoms with van der Waals surface area (Å²) in [5.41, 5.74) is 0.140. The molecule has 0 fully saturated rings. The molecule has 0 radical (unpaired) electrons. The van der Waals surface area contributed by atoms with E-state index in [0.29, 0.717) is 23.1 Å². The van der Waals surface area contributed by atoms with Gasteiger partial charge in [0.05, 0.1) is 22.3 Å². The number of nitrogens with one attached hydrogen (secondary N) is 4. The molecule has 200 valence electrons. The van der Waals surface area contributed by atoms with Crippen LogP contribution in [-0.2, 0) is 24.1 Å². The number of fused-ring (bicyclic) bond motifs is 2. The van der Waals surface area contributed by atoms with Gasteiger partial charge in [0.25, 0.3) is 17.7 Å². The number of ether oxygens (including phenoxy) is 1. The first-order chi connectivity index (χ1) is 18.6. The number of hydrogen-bond donors (Lipinski definition) is 4. The Morgan fingerprint density at radius 2 is 1.77 bits per heavy atom. The van der Waals surface area contributed by atoms with Crippen molar-refractivity contribution in [1.82, 2.24) is 25.6 Å². The zero-order chi connectivity index (χ0) is 27.7. The van der Waals surface area contributed by atoms with Gasteiger partial charge in [-0.1, -0.05) is 6.07 Å². The first-order valence-corrected chi connectivity index (χ1v) is 11.4. The summed E-state index contributed by atoms with van der Waals surface area (Å²) in [6.45, 7) is -0.362. The number of carbonyl (C=O) groups excluding carboxylic acids is 3. The Labute approximate surface area is 216 Å². The van der Waals surface area contributed by atoms with Crippen molar-refractivity contribution in [3.8, 4) is 5.75 Å². The first kappa shape index (κ1) is 25.6. The molecule has 0 saturated heterocycles. The molecule has 0 aliphatic carbocycles. The summed E-state index contributed by atoms with van der Waals surface area (Å²) in [7, 11) is 0. The molecule has 39 heavy (non-hydrogen) atoms. The molecule has 2 aromatic heterocycles. The second kappa shape index (κ2) is 10.0. The van der Waals surface area contributed by atoms with Gasteiger partial charge < -0.3 is 25.7 Å². The van der Waals surface area contributed by atoms with Crippen LogP contribution in [0.5, 0.6) is 5.75 Å². The Morgan fingerprint density at radius 1 is 1.00 bits per heavy atom. The van der Waals surface area contributed by atoms with E-state index in [1.807, 2.05) is 0 Å². The van der Waals surface area contributed by atoms with E-state index >= 15 is 0 Å². The molecule has 1 aliphatic rings. The zero-order valence-electron chi connectivity index (χ0n) is 19.8. The lowest BCUT2D eigenvalue weighted by Gasteiger charge is -2.18. The van der Waals surface area contributed by atoms with E-state index in [0.717, 1.165) is 18.5 Å². The van der Waals surface area contributed by atoms with Crippen LogP contribution in [0.3, 0.4) is 0 Å². The molecule has 14 heteroatoms. The molecule has 4 aromatic rings. The maximum Gasteiger partial charge on any atom is 0.416 e. The number of carbonyl (C=O) groups is 3. The molecule has 4 N–H and O–H groups in total. The summed E-state index contributed by atoms with van der Waals surface area (Å²) < 4.78 is 57.8. The SMILES string of the molecule is O=C1COc2ccc(CNC(=O)c3ncnc4c(C(=O)NCc5cc(F)cc(C(F)(F)F)c5)c[nH]c34)cc2N1. The van der Waals surface area contributed by atoms with Crippen molar-refractivity contribution in [2.24, 2.45) is 0 Å². The number of rotatable bonds is 6. The van der Waals surface area contributed by atoms with Gasteiger partial charge in [-0.3, -0.25) is 14.4 Å². The van der Waals surface area contributed by atoms with E-state index in [9.17, 15) is 31.9 Å². The molecule has 10 nitrogen and oxygen atoms in total. The average Bonchev–Trinajstić information content (AvgIpc) is 3.34. The van der Waals surface area contributed by atoms with Crippen LogP contribution in [0.15, 0.2) is 48.9 Å². The largest absolute Gasteiger partial charge is 0.482 e. The van der Waals surface area contributed by atoms with Crippen molar-refractivity contribution >= 4 is 34.4 Å². The fourth-order valence-corrected chi connectivity index (χ4v) is 3.98. The molecular weight excluding hydrogens is 524 g/mol. The summed E-state index contributed by atoms with van der Waals surface area (Å²) in [5.74, 6) is -2.15. The second-order valence-corrected chi connectivity index (χ2v) is 8.53. The van der Waals surface area contributed by atoms with E-state index in [1.54, 1.807) is 18.2 Å². The summed E-state index contributed by atoms with van der Waals surface area (Å²) in [4.78, 5) is 48.0. The number of aromatic amines is 1. The minimum absolute atomic E-state index is 0.0133. The molecule has 1 aliphatic heterocycles. The standard InChI is InChI=1S/C25H18F4N6O4/c26-15-4-13(3-14(6-15)25(27,28)29)8-31-23(37)16-9-30-21-20(16)33-11-34-22(21)24(38)32-7-12-1-2-18-17(5-12)35-19(36)10-39-18/h1-6,9,11,30H,7-8,10H2,(H,31,37)(H,32,38)(H,35,36). The van der Waals surface area contributed by atoms with Gasteiger partial charge in [-0.2, -0.15) is 13.2 Å². The highest BCUT2D eigenvalue weighted by Crippen LogP contribution is 2.31. The third kappa shape index (κ3) is 5.49. The predicted octanol–water partition coefficient (Wildman–Crippen LogP) is 3.31. The normalized spacial score (nSPS) is 12.9. The Hall–Kier alpha value is -5.01. The number of nitrogens with zero attached hydrogens (tertiary/aromatic N) is 2. The smallest absolute Gasteiger partial charge is 0.416 e. The van der Waals surface area contributed by atoms with Crippen LogP contribution < -0.4 is 20.7 Å². The lowest BCUT2D eigenvalue weighted by molar-refractivity contribution is -0.137. The van der Waals surface area contributed by atoms with E-state index in [2.05, 4.69) is 30.9 Å². The lowest BCUT2D eigenvalue weighted by atomic mass is 10.1. The summed E-state index contributed by atoms with van der Waals surface area (Å²) in [5, 5.41) is 7.81. The number of benzene rings is 2. The number of H-pyrrole nitrogens is 1. The van der Waals surface area contributed by atoms with E-state index in [-0.39, 0.29) is 53.5 Å². The average molecular weight is 542 g/mol. The second-order valence-electron chi connectivity index (χ2n) is 8.53. The number of amides is 3. The van der Waals surface area contributed by atoms with Gasteiger partial charge in [0.2, 0.25) is 0 Å². The molecule has 2 aromatic carbocycles. The van der Waals surface area contributed by atoms with Gasteiger partial charge in [0.15, 0.2) is 12.3 Å². The number of anilines is 1. The molecular formula is C25H18F4N6O4. The van der Waals surface area contributed by atoms with Crippen LogP contribution in [0.1, 0.15) is 37.5 Å². The summed E-state index contributed by atoms with van der Waals surface area (Å²) in [6.07, 6.45) is -2.37. The maximum atomic E-state index is 13.7. The maximum absolute atomic E-state index is 13.7. The highest BCUT2D eigenvalue weighted by atomic mass is 19.4. The molecule has 0 saturated carbocycles. The molecule has 5 rings (SSSR count).